The average molecular weight is 430 g/mol. The van der Waals surface area contributed by atoms with Gasteiger partial charge in [0.1, 0.15) is 11.4 Å². The number of carbonyl (C=O) groups is 3. The summed E-state index contributed by atoms with van der Waals surface area (Å²) in [5.41, 5.74) is 0.589. The number of aryl methyl sites for hydroxylation is 1. The Hall–Kier alpha value is -2.93. The summed E-state index contributed by atoms with van der Waals surface area (Å²) in [4.78, 5) is 41.3. The molecule has 2 aliphatic rings. The van der Waals surface area contributed by atoms with E-state index in [0.717, 1.165) is 17.2 Å². The van der Waals surface area contributed by atoms with Crippen LogP contribution in [0.1, 0.15) is 34.3 Å². The highest BCUT2D eigenvalue weighted by molar-refractivity contribution is 6.31. The molecule has 2 heterocycles. The quantitative estimate of drug-likeness (QED) is 0.759. The highest BCUT2D eigenvalue weighted by Gasteiger charge is 2.53. The van der Waals surface area contributed by atoms with Crippen LogP contribution in [-0.2, 0) is 11.3 Å². The zero-order valence-corrected chi connectivity index (χ0v) is 17.2. The van der Waals surface area contributed by atoms with Gasteiger partial charge in [0.25, 0.3) is 11.8 Å². The Morgan fingerprint density at radius 1 is 1.20 bits per heavy atom. The summed E-state index contributed by atoms with van der Waals surface area (Å²) >= 11 is 5.91. The second-order valence-corrected chi connectivity index (χ2v) is 8.28. The van der Waals surface area contributed by atoms with Crippen LogP contribution in [0.4, 0.5) is 9.18 Å². The summed E-state index contributed by atoms with van der Waals surface area (Å²) in [6.07, 6.45) is 0.933. The Bertz CT molecular complexity index is 1030. The fourth-order valence-electron chi connectivity index (χ4n) is 4.03. The summed E-state index contributed by atoms with van der Waals surface area (Å²) in [5, 5.41) is 3.04. The topological polar surface area (TPSA) is 69.7 Å². The van der Waals surface area contributed by atoms with Crippen LogP contribution in [0.25, 0.3) is 0 Å². The number of hydrogen-bond donors (Lipinski definition) is 1. The average Bonchev–Trinajstić information content (AvgIpc) is 2.94. The van der Waals surface area contributed by atoms with Gasteiger partial charge in [0.2, 0.25) is 0 Å². The molecule has 8 heteroatoms. The molecule has 6 nitrogen and oxygen atoms in total. The SMILES string of the molecule is Cc1ccc(CN2C(=O)N[C@]3(CCCN(C(=O)c4cc(Cl)ccc4F)C3)C2=O)cc1. The molecule has 2 fully saturated rings. The number of amides is 4. The molecule has 0 unspecified atom stereocenters. The van der Waals surface area contributed by atoms with Gasteiger partial charge in [-0.25, -0.2) is 9.18 Å². The molecule has 2 aliphatic heterocycles. The van der Waals surface area contributed by atoms with Gasteiger partial charge >= 0.3 is 6.03 Å². The number of piperidine rings is 1. The van der Waals surface area contributed by atoms with E-state index in [-0.39, 0.29) is 29.6 Å². The van der Waals surface area contributed by atoms with Gasteiger partial charge in [0.05, 0.1) is 18.7 Å². The number of carbonyl (C=O) groups excluding carboxylic acids is 3. The van der Waals surface area contributed by atoms with E-state index in [4.69, 9.17) is 11.6 Å². The van der Waals surface area contributed by atoms with E-state index in [9.17, 15) is 18.8 Å². The molecular weight excluding hydrogens is 409 g/mol. The maximum absolute atomic E-state index is 14.2. The van der Waals surface area contributed by atoms with Crippen LogP contribution in [0.3, 0.4) is 0 Å². The molecule has 0 bridgehead atoms. The van der Waals surface area contributed by atoms with Crippen molar-refractivity contribution in [2.75, 3.05) is 13.1 Å². The van der Waals surface area contributed by atoms with Crippen LogP contribution in [-0.4, -0.2) is 46.3 Å². The molecule has 2 aromatic carbocycles. The van der Waals surface area contributed by atoms with Gasteiger partial charge in [-0.05, 0) is 43.5 Å². The van der Waals surface area contributed by atoms with Crippen molar-refractivity contribution in [3.63, 3.8) is 0 Å². The van der Waals surface area contributed by atoms with Crippen LogP contribution in [0.5, 0.6) is 0 Å². The maximum atomic E-state index is 14.2. The van der Waals surface area contributed by atoms with Crippen LogP contribution >= 0.6 is 11.6 Å². The summed E-state index contributed by atoms with van der Waals surface area (Å²) in [7, 11) is 0. The number of imide groups is 1. The van der Waals surface area contributed by atoms with Crippen molar-refractivity contribution < 1.29 is 18.8 Å². The van der Waals surface area contributed by atoms with Crippen molar-refractivity contribution >= 4 is 29.4 Å². The van der Waals surface area contributed by atoms with Gasteiger partial charge in [-0.2, -0.15) is 0 Å². The molecule has 1 spiro atoms. The molecule has 4 amide bonds. The number of hydrogen-bond acceptors (Lipinski definition) is 3. The lowest BCUT2D eigenvalue weighted by Crippen LogP contribution is -2.59. The number of nitrogens with one attached hydrogen (secondary N) is 1. The summed E-state index contributed by atoms with van der Waals surface area (Å²) in [6.45, 7) is 2.48. The molecule has 0 aliphatic carbocycles. The van der Waals surface area contributed by atoms with Crippen molar-refractivity contribution in [1.82, 2.24) is 15.1 Å². The largest absolute Gasteiger partial charge is 0.336 e. The number of rotatable bonds is 3. The third kappa shape index (κ3) is 3.65. The lowest BCUT2D eigenvalue weighted by Gasteiger charge is -2.38. The van der Waals surface area contributed by atoms with Crippen LogP contribution < -0.4 is 5.32 Å². The number of urea groups is 1. The summed E-state index contributed by atoms with van der Waals surface area (Å²) in [6, 6.07) is 10.9. The highest BCUT2D eigenvalue weighted by Crippen LogP contribution is 2.30. The Labute approximate surface area is 178 Å². The fourth-order valence-corrected chi connectivity index (χ4v) is 4.21. The monoisotopic (exact) mass is 429 g/mol. The van der Waals surface area contributed by atoms with Crippen LogP contribution in [0.15, 0.2) is 42.5 Å². The van der Waals surface area contributed by atoms with Gasteiger partial charge in [-0.1, -0.05) is 41.4 Å². The minimum absolute atomic E-state index is 0.00718. The Kier molecular flexibility index (Phi) is 5.24. The second kappa shape index (κ2) is 7.72. The first-order valence-corrected chi connectivity index (χ1v) is 10.1. The molecule has 1 atom stereocenters. The fraction of sp³-hybridized carbons (Fsp3) is 0.318. The second-order valence-electron chi connectivity index (χ2n) is 7.84. The number of halogens is 2. The van der Waals surface area contributed by atoms with E-state index >= 15 is 0 Å². The minimum atomic E-state index is -1.19. The first kappa shape index (κ1) is 20.3. The van der Waals surface area contributed by atoms with E-state index < -0.39 is 23.3 Å². The Balaban J connectivity index is 1.54. The van der Waals surface area contributed by atoms with E-state index in [1.807, 2.05) is 31.2 Å². The maximum Gasteiger partial charge on any atom is 0.325 e. The molecule has 2 aromatic rings. The first-order chi connectivity index (χ1) is 14.3. The zero-order chi connectivity index (χ0) is 21.5. The van der Waals surface area contributed by atoms with Gasteiger partial charge in [-0.15, -0.1) is 0 Å². The smallest absolute Gasteiger partial charge is 0.325 e. The summed E-state index contributed by atoms with van der Waals surface area (Å²) < 4.78 is 14.2. The Morgan fingerprint density at radius 3 is 2.67 bits per heavy atom. The minimum Gasteiger partial charge on any atom is -0.336 e. The van der Waals surface area contributed by atoms with Crippen molar-refractivity contribution in [3.05, 3.63) is 70.0 Å². The van der Waals surface area contributed by atoms with Crippen molar-refractivity contribution in [2.45, 2.75) is 31.8 Å². The lowest BCUT2D eigenvalue weighted by molar-refractivity contribution is -0.133. The van der Waals surface area contributed by atoms with Crippen molar-refractivity contribution in [2.24, 2.45) is 0 Å². The molecule has 0 aromatic heterocycles. The van der Waals surface area contributed by atoms with Gasteiger partial charge in [0.15, 0.2) is 0 Å². The molecule has 30 heavy (non-hydrogen) atoms. The van der Waals surface area contributed by atoms with Gasteiger partial charge in [-0.3, -0.25) is 14.5 Å². The molecular formula is C22H21ClFN3O3. The molecule has 1 N–H and O–H groups in total. The molecule has 0 radical (unpaired) electrons. The van der Waals surface area contributed by atoms with E-state index in [1.54, 1.807) is 0 Å². The third-order valence-electron chi connectivity index (χ3n) is 5.65. The van der Waals surface area contributed by atoms with Gasteiger partial charge < -0.3 is 10.2 Å². The Morgan fingerprint density at radius 2 is 1.93 bits per heavy atom. The van der Waals surface area contributed by atoms with Gasteiger partial charge in [0, 0.05) is 11.6 Å². The first-order valence-electron chi connectivity index (χ1n) is 9.73. The highest BCUT2D eigenvalue weighted by atomic mass is 35.5. The normalized spacial score (nSPS) is 21.3. The van der Waals surface area contributed by atoms with Crippen LogP contribution in [0, 0.1) is 12.7 Å². The van der Waals surface area contributed by atoms with Crippen LogP contribution in [0.2, 0.25) is 5.02 Å². The number of nitrogens with zero attached hydrogens (tertiary/aromatic N) is 2. The number of likely N-dealkylation sites (tertiary alicyclic amines) is 1. The summed E-state index contributed by atoms with van der Waals surface area (Å²) in [5.74, 6) is -1.59. The third-order valence-corrected chi connectivity index (χ3v) is 5.88. The zero-order valence-electron chi connectivity index (χ0n) is 16.5. The standard InChI is InChI=1S/C22H21ClFN3O3/c1-14-3-5-15(6-4-14)12-27-20(29)22(25-21(27)30)9-2-10-26(13-22)19(28)17-11-16(23)7-8-18(17)24/h3-8,11H,2,9-10,12-13H2,1H3,(H,25,30)/t22-/m0/s1. The van der Waals surface area contributed by atoms with Crippen molar-refractivity contribution in [1.29, 1.82) is 0 Å². The molecule has 4 rings (SSSR count). The molecule has 2 saturated heterocycles. The number of benzene rings is 2. The predicted molar refractivity (Wildman–Crippen MR) is 110 cm³/mol. The van der Waals surface area contributed by atoms with Crippen molar-refractivity contribution in [3.8, 4) is 0 Å². The lowest BCUT2D eigenvalue weighted by atomic mass is 9.88. The molecule has 0 saturated carbocycles. The van der Waals surface area contributed by atoms with E-state index in [1.165, 1.54) is 21.9 Å². The van der Waals surface area contributed by atoms with E-state index in [2.05, 4.69) is 5.32 Å². The predicted octanol–water partition coefficient (Wildman–Crippen LogP) is 3.51. The van der Waals surface area contributed by atoms with E-state index in [0.29, 0.717) is 19.4 Å². The molecule has 156 valence electrons.